The van der Waals surface area contributed by atoms with Crippen LogP contribution in [0.5, 0.6) is 0 Å². The zero-order valence-electron chi connectivity index (χ0n) is 15.5. The molecule has 1 aromatic carbocycles. The molecule has 3 heterocycles. The average Bonchev–Trinajstić information content (AvgIpc) is 3.23. The standard InChI is InChI=1S/C19H24FN5O2/c1-22-13-21-25(19(22)27)11-7-18(26)23-8-5-16(6-9-23)24-10-4-14-12-15(20)2-3-17(14)24/h2-3,12-13,16H,4-11H2,1H3. The second kappa shape index (κ2) is 7.17. The number of carbonyl (C=O) groups excluding carboxylic acids is 1. The van der Waals surface area contributed by atoms with Crippen LogP contribution in [0, 0.1) is 5.82 Å². The van der Waals surface area contributed by atoms with Crippen LogP contribution in [0.1, 0.15) is 24.8 Å². The number of nitrogens with zero attached hydrogens (tertiary/aromatic N) is 5. The summed E-state index contributed by atoms with van der Waals surface area (Å²) in [5.74, 6) is -0.113. The van der Waals surface area contributed by atoms with E-state index in [0.29, 0.717) is 25.7 Å². The lowest BCUT2D eigenvalue weighted by molar-refractivity contribution is -0.132. The van der Waals surface area contributed by atoms with Gasteiger partial charge < -0.3 is 9.80 Å². The van der Waals surface area contributed by atoms with Crippen LogP contribution in [0.15, 0.2) is 29.3 Å². The summed E-state index contributed by atoms with van der Waals surface area (Å²) in [6, 6.07) is 5.42. The summed E-state index contributed by atoms with van der Waals surface area (Å²) >= 11 is 0. The number of hydrogen-bond donors (Lipinski definition) is 0. The van der Waals surface area contributed by atoms with Crippen molar-refractivity contribution < 1.29 is 9.18 Å². The van der Waals surface area contributed by atoms with Crippen molar-refractivity contribution in [2.75, 3.05) is 24.5 Å². The van der Waals surface area contributed by atoms with Gasteiger partial charge in [0.15, 0.2) is 0 Å². The monoisotopic (exact) mass is 373 g/mol. The van der Waals surface area contributed by atoms with E-state index in [1.165, 1.54) is 21.6 Å². The number of amides is 1. The maximum atomic E-state index is 13.4. The van der Waals surface area contributed by atoms with Crippen molar-refractivity contribution >= 4 is 11.6 Å². The molecule has 0 aliphatic carbocycles. The highest BCUT2D eigenvalue weighted by atomic mass is 19.1. The molecule has 1 saturated heterocycles. The van der Waals surface area contributed by atoms with Crippen LogP contribution < -0.4 is 10.6 Å². The number of benzene rings is 1. The third-order valence-electron chi connectivity index (χ3n) is 5.66. The number of aromatic nitrogens is 3. The highest BCUT2D eigenvalue weighted by molar-refractivity contribution is 5.76. The molecule has 1 fully saturated rings. The van der Waals surface area contributed by atoms with Gasteiger partial charge in [-0.25, -0.2) is 13.9 Å². The van der Waals surface area contributed by atoms with Gasteiger partial charge in [-0.15, -0.1) is 0 Å². The molecule has 7 nitrogen and oxygen atoms in total. The molecule has 144 valence electrons. The molecule has 0 bridgehead atoms. The first-order valence-electron chi connectivity index (χ1n) is 9.44. The zero-order valence-corrected chi connectivity index (χ0v) is 15.5. The molecule has 0 spiro atoms. The minimum Gasteiger partial charge on any atom is -0.368 e. The minimum atomic E-state index is -0.203. The highest BCUT2D eigenvalue weighted by Crippen LogP contribution is 2.33. The maximum Gasteiger partial charge on any atom is 0.345 e. The molecule has 27 heavy (non-hydrogen) atoms. The Balaban J connectivity index is 1.31. The molecular formula is C19H24FN5O2. The van der Waals surface area contributed by atoms with E-state index < -0.39 is 0 Å². The van der Waals surface area contributed by atoms with Gasteiger partial charge in [0.2, 0.25) is 5.91 Å². The topological polar surface area (TPSA) is 63.4 Å². The number of anilines is 1. The van der Waals surface area contributed by atoms with Crippen LogP contribution in [0.3, 0.4) is 0 Å². The summed E-state index contributed by atoms with van der Waals surface area (Å²) in [6.07, 6.45) is 4.44. The first-order valence-corrected chi connectivity index (χ1v) is 9.44. The summed E-state index contributed by atoms with van der Waals surface area (Å²) < 4.78 is 16.1. The van der Waals surface area contributed by atoms with Gasteiger partial charge in [-0.3, -0.25) is 9.36 Å². The van der Waals surface area contributed by atoms with Crippen LogP contribution in [0.4, 0.5) is 10.1 Å². The van der Waals surface area contributed by atoms with Gasteiger partial charge in [-0.05, 0) is 43.0 Å². The zero-order chi connectivity index (χ0) is 19.0. The summed E-state index contributed by atoms with van der Waals surface area (Å²) in [7, 11) is 1.64. The van der Waals surface area contributed by atoms with Crippen molar-refractivity contribution in [1.29, 1.82) is 0 Å². The average molecular weight is 373 g/mol. The van der Waals surface area contributed by atoms with Crippen LogP contribution in [0.2, 0.25) is 0 Å². The first-order chi connectivity index (χ1) is 13.0. The molecule has 0 unspecified atom stereocenters. The molecular weight excluding hydrogens is 349 g/mol. The van der Waals surface area contributed by atoms with Crippen LogP contribution in [0.25, 0.3) is 0 Å². The predicted molar refractivity (Wildman–Crippen MR) is 99.1 cm³/mol. The SMILES string of the molecule is Cn1cnn(CCC(=O)N2CCC(N3CCc4cc(F)ccc43)CC2)c1=O. The lowest BCUT2D eigenvalue weighted by Gasteiger charge is -2.38. The largest absolute Gasteiger partial charge is 0.368 e. The third-order valence-corrected chi connectivity index (χ3v) is 5.66. The number of halogens is 1. The molecule has 2 aliphatic heterocycles. The predicted octanol–water partition coefficient (Wildman–Crippen LogP) is 1.16. The number of rotatable bonds is 4. The third kappa shape index (κ3) is 3.48. The molecule has 0 radical (unpaired) electrons. The van der Waals surface area contributed by atoms with E-state index in [9.17, 15) is 14.0 Å². The van der Waals surface area contributed by atoms with E-state index in [-0.39, 0.29) is 23.8 Å². The highest BCUT2D eigenvalue weighted by Gasteiger charge is 2.30. The van der Waals surface area contributed by atoms with Gasteiger partial charge in [-0.1, -0.05) is 0 Å². The Morgan fingerprint density at radius 1 is 1.26 bits per heavy atom. The molecule has 0 atom stereocenters. The second-order valence-corrected chi connectivity index (χ2v) is 7.33. The molecule has 0 N–H and O–H groups in total. The van der Waals surface area contributed by atoms with Crippen molar-refractivity contribution in [3.63, 3.8) is 0 Å². The minimum absolute atomic E-state index is 0.0647. The lowest BCUT2D eigenvalue weighted by atomic mass is 10.0. The van der Waals surface area contributed by atoms with Crippen molar-refractivity contribution in [3.8, 4) is 0 Å². The van der Waals surface area contributed by atoms with Crippen molar-refractivity contribution in [2.24, 2.45) is 7.05 Å². The van der Waals surface area contributed by atoms with Gasteiger partial charge in [-0.2, -0.15) is 5.10 Å². The molecule has 8 heteroatoms. The summed E-state index contributed by atoms with van der Waals surface area (Å²) in [5.41, 5.74) is 2.01. The smallest absolute Gasteiger partial charge is 0.345 e. The summed E-state index contributed by atoms with van der Waals surface area (Å²) in [4.78, 5) is 28.5. The number of carbonyl (C=O) groups is 1. The van der Waals surface area contributed by atoms with E-state index in [2.05, 4.69) is 10.00 Å². The fraction of sp³-hybridized carbons (Fsp3) is 0.526. The van der Waals surface area contributed by atoms with Crippen molar-refractivity contribution in [3.05, 3.63) is 46.4 Å². The van der Waals surface area contributed by atoms with Crippen LogP contribution >= 0.6 is 0 Å². The Morgan fingerprint density at radius 3 is 2.74 bits per heavy atom. The number of piperidine rings is 1. The number of aryl methyl sites for hydroxylation is 2. The molecule has 2 aliphatic rings. The fourth-order valence-corrected chi connectivity index (χ4v) is 4.14. The quantitative estimate of drug-likeness (QED) is 0.807. The summed E-state index contributed by atoms with van der Waals surface area (Å²) in [5, 5.41) is 3.99. The van der Waals surface area contributed by atoms with E-state index >= 15 is 0 Å². The Hall–Kier alpha value is -2.64. The second-order valence-electron chi connectivity index (χ2n) is 7.33. The van der Waals surface area contributed by atoms with Crippen LogP contribution in [-0.2, 0) is 24.8 Å². The Kier molecular flexibility index (Phi) is 4.72. The van der Waals surface area contributed by atoms with Gasteiger partial charge >= 0.3 is 5.69 Å². The Bertz CT molecular complexity index is 898. The Labute approximate surface area is 157 Å². The molecule has 1 amide bonds. The van der Waals surface area contributed by atoms with Gasteiger partial charge in [0.05, 0.1) is 6.54 Å². The number of fused-ring (bicyclic) bond motifs is 1. The molecule has 4 rings (SSSR count). The van der Waals surface area contributed by atoms with E-state index in [1.807, 2.05) is 11.0 Å². The number of likely N-dealkylation sites (tertiary alicyclic amines) is 1. The maximum absolute atomic E-state index is 13.4. The number of hydrogen-bond acceptors (Lipinski definition) is 4. The van der Waals surface area contributed by atoms with Crippen molar-refractivity contribution in [2.45, 2.75) is 38.3 Å². The molecule has 0 saturated carbocycles. The lowest BCUT2D eigenvalue weighted by Crippen LogP contribution is -2.46. The van der Waals surface area contributed by atoms with Gasteiger partial charge in [0.25, 0.3) is 0 Å². The molecule has 2 aromatic rings. The normalized spacial score (nSPS) is 17.4. The van der Waals surface area contributed by atoms with Crippen molar-refractivity contribution in [1.82, 2.24) is 19.2 Å². The van der Waals surface area contributed by atoms with Gasteiger partial charge in [0, 0.05) is 44.8 Å². The van der Waals surface area contributed by atoms with E-state index in [0.717, 1.165) is 37.1 Å². The van der Waals surface area contributed by atoms with Gasteiger partial charge in [0.1, 0.15) is 12.1 Å². The Morgan fingerprint density at radius 2 is 2.04 bits per heavy atom. The van der Waals surface area contributed by atoms with Crippen LogP contribution in [-0.4, -0.2) is 50.8 Å². The molecule has 1 aromatic heterocycles. The van der Waals surface area contributed by atoms with E-state index in [4.69, 9.17) is 0 Å². The fourth-order valence-electron chi connectivity index (χ4n) is 4.14. The summed E-state index contributed by atoms with van der Waals surface area (Å²) in [6.45, 7) is 2.66. The first kappa shape index (κ1) is 17.8. The van der Waals surface area contributed by atoms with E-state index in [1.54, 1.807) is 13.1 Å².